The van der Waals surface area contributed by atoms with Gasteiger partial charge in [0, 0.05) is 32.9 Å². The van der Waals surface area contributed by atoms with E-state index in [2.05, 4.69) is 12.0 Å². The van der Waals surface area contributed by atoms with Crippen LogP contribution in [0.25, 0.3) is 0 Å². The van der Waals surface area contributed by atoms with Gasteiger partial charge in [0.15, 0.2) is 5.69 Å². The third-order valence-corrected chi connectivity index (χ3v) is 4.98. The number of fused-ring (bicyclic) bond motifs is 1. The Hall–Kier alpha value is -1.07. The van der Waals surface area contributed by atoms with Crippen molar-refractivity contribution in [1.29, 1.82) is 0 Å². The van der Waals surface area contributed by atoms with E-state index < -0.39 is 0 Å². The lowest BCUT2D eigenvalue weighted by molar-refractivity contribution is 0.0725. The zero-order valence-corrected chi connectivity index (χ0v) is 13.3. The zero-order chi connectivity index (χ0) is 15.0. The number of aromatic nitrogens is 2. The first-order valence-electron chi connectivity index (χ1n) is 7.67. The van der Waals surface area contributed by atoms with Crippen LogP contribution in [0.3, 0.4) is 0 Å². The lowest BCUT2D eigenvalue weighted by Crippen LogP contribution is -2.31. The molecule has 0 bridgehead atoms. The maximum Gasteiger partial charge on any atom is 0.275 e. The molecule has 1 unspecified atom stereocenters. The van der Waals surface area contributed by atoms with E-state index >= 15 is 0 Å². The Morgan fingerprint density at radius 3 is 2.67 bits per heavy atom. The largest absolute Gasteiger partial charge is 0.381 e. The second kappa shape index (κ2) is 5.97. The van der Waals surface area contributed by atoms with E-state index in [4.69, 9.17) is 16.3 Å². The molecule has 1 aromatic rings. The summed E-state index contributed by atoms with van der Waals surface area (Å²) in [5.74, 6) is 1.10. The Morgan fingerprint density at radius 1 is 1.43 bits per heavy atom. The van der Waals surface area contributed by atoms with Crippen molar-refractivity contribution in [2.75, 3.05) is 20.2 Å². The summed E-state index contributed by atoms with van der Waals surface area (Å²) in [5, 5.41) is 4.80. The molecular formula is C15H22ClN3O2. The molecule has 2 fully saturated rings. The highest BCUT2D eigenvalue weighted by Crippen LogP contribution is 2.39. The molecule has 1 saturated heterocycles. The number of carbonyl (C=O) groups is 1. The summed E-state index contributed by atoms with van der Waals surface area (Å²) in [7, 11) is 1.77. The van der Waals surface area contributed by atoms with E-state index in [1.807, 2.05) is 4.90 Å². The molecule has 3 rings (SSSR count). The summed E-state index contributed by atoms with van der Waals surface area (Å²) < 4.78 is 7.19. The fraction of sp³-hybridized carbons (Fsp3) is 0.733. The fourth-order valence-electron chi connectivity index (χ4n) is 3.64. The van der Waals surface area contributed by atoms with Gasteiger partial charge in [0.05, 0.1) is 11.1 Å². The van der Waals surface area contributed by atoms with Gasteiger partial charge < -0.3 is 9.64 Å². The zero-order valence-electron chi connectivity index (χ0n) is 12.6. The Morgan fingerprint density at radius 2 is 2.10 bits per heavy atom. The minimum atomic E-state index is -0.0294. The first kappa shape index (κ1) is 14.9. The number of amides is 1. The van der Waals surface area contributed by atoms with Crippen LogP contribution in [0.4, 0.5) is 0 Å². The molecule has 2 aliphatic rings. The number of ether oxygens (including phenoxy) is 1. The number of nitrogens with zero attached hydrogens (tertiary/aromatic N) is 3. The van der Waals surface area contributed by atoms with Crippen LogP contribution in [-0.4, -0.2) is 46.9 Å². The summed E-state index contributed by atoms with van der Waals surface area (Å²) in [6.07, 6.45) is 5.20. The van der Waals surface area contributed by atoms with Gasteiger partial charge in [-0.25, -0.2) is 0 Å². The highest BCUT2D eigenvalue weighted by atomic mass is 35.5. The average molecular weight is 312 g/mol. The van der Waals surface area contributed by atoms with Crippen molar-refractivity contribution in [3.05, 3.63) is 16.9 Å². The molecule has 1 aliphatic carbocycles. The molecule has 6 heteroatoms. The number of hydrogen-bond acceptors (Lipinski definition) is 3. The van der Waals surface area contributed by atoms with Crippen LogP contribution in [-0.2, 0) is 11.3 Å². The van der Waals surface area contributed by atoms with Crippen molar-refractivity contribution in [1.82, 2.24) is 14.7 Å². The van der Waals surface area contributed by atoms with Gasteiger partial charge in [-0.3, -0.25) is 9.48 Å². The number of rotatable bonds is 4. The van der Waals surface area contributed by atoms with Crippen LogP contribution >= 0.6 is 11.6 Å². The van der Waals surface area contributed by atoms with E-state index in [1.165, 1.54) is 0 Å². The molecule has 1 amide bonds. The van der Waals surface area contributed by atoms with Crippen LogP contribution in [0, 0.1) is 11.8 Å². The lowest BCUT2D eigenvalue weighted by atomic mass is 10.0. The first-order chi connectivity index (χ1) is 10.1. The molecule has 0 aromatic carbocycles. The number of aryl methyl sites for hydroxylation is 1. The highest BCUT2D eigenvalue weighted by Gasteiger charge is 2.43. The quantitative estimate of drug-likeness (QED) is 0.858. The predicted octanol–water partition coefficient (Wildman–Crippen LogP) is 2.44. The van der Waals surface area contributed by atoms with Crippen molar-refractivity contribution < 1.29 is 9.53 Å². The maximum absolute atomic E-state index is 12.6. The minimum absolute atomic E-state index is 0.0294. The molecule has 0 spiro atoms. The summed E-state index contributed by atoms with van der Waals surface area (Å²) in [6, 6.07) is 0. The van der Waals surface area contributed by atoms with E-state index in [0.29, 0.717) is 28.7 Å². The Kier molecular flexibility index (Phi) is 4.22. The van der Waals surface area contributed by atoms with Crippen LogP contribution in [0.1, 0.15) is 36.7 Å². The lowest BCUT2D eigenvalue weighted by Gasteiger charge is -2.18. The number of methoxy groups -OCH3 is 1. The molecule has 1 aliphatic heterocycles. The summed E-state index contributed by atoms with van der Waals surface area (Å²) in [4.78, 5) is 14.5. The van der Waals surface area contributed by atoms with Crippen molar-refractivity contribution in [2.45, 2.75) is 38.8 Å². The number of hydrogen-bond donors (Lipinski definition) is 0. The molecule has 21 heavy (non-hydrogen) atoms. The molecule has 1 aromatic heterocycles. The van der Waals surface area contributed by atoms with Crippen LogP contribution in [0.15, 0.2) is 6.20 Å². The first-order valence-corrected chi connectivity index (χ1v) is 8.05. The number of carbonyl (C=O) groups excluding carboxylic acids is 1. The minimum Gasteiger partial charge on any atom is -0.381 e. The summed E-state index contributed by atoms with van der Waals surface area (Å²) in [5.41, 5.74) is 0.397. The third kappa shape index (κ3) is 2.81. The Bertz CT molecular complexity index is 517. The maximum atomic E-state index is 12.6. The van der Waals surface area contributed by atoms with Gasteiger partial charge >= 0.3 is 0 Å². The van der Waals surface area contributed by atoms with Crippen LogP contribution in [0.5, 0.6) is 0 Å². The molecule has 1 saturated carbocycles. The molecular weight excluding hydrogens is 290 g/mol. The van der Waals surface area contributed by atoms with E-state index in [-0.39, 0.29) is 5.91 Å². The fourth-order valence-corrected chi connectivity index (χ4v) is 3.87. The Labute approximate surface area is 130 Å². The van der Waals surface area contributed by atoms with E-state index in [0.717, 1.165) is 38.9 Å². The molecule has 0 radical (unpaired) electrons. The van der Waals surface area contributed by atoms with Gasteiger partial charge in [-0.1, -0.05) is 18.5 Å². The Balaban J connectivity index is 1.67. The molecule has 2 heterocycles. The van der Waals surface area contributed by atoms with E-state index in [9.17, 15) is 4.79 Å². The highest BCUT2D eigenvalue weighted by molar-refractivity contribution is 6.33. The number of likely N-dealkylation sites (tertiary alicyclic amines) is 1. The third-order valence-electron chi connectivity index (χ3n) is 4.70. The number of halogens is 1. The molecule has 0 N–H and O–H groups in total. The average Bonchev–Trinajstić information content (AvgIpc) is 3.10. The summed E-state index contributed by atoms with van der Waals surface area (Å²) in [6.45, 7) is 4.47. The van der Waals surface area contributed by atoms with Gasteiger partial charge in [-0.15, -0.1) is 0 Å². The normalized spacial score (nSPS) is 28.1. The summed E-state index contributed by atoms with van der Waals surface area (Å²) >= 11 is 6.17. The van der Waals surface area contributed by atoms with Gasteiger partial charge in [-0.2, -0.15) is 5.10 Å². The van der Waals surface area contributed by atoms with Crippen LogP contribution < -0.4 is 0 Å². The van der Waals surface area contributed by atoms with Gasteiger partial charge in [0.25, 0.3) is 5.91 Å². The molecule has 5 nitrogen and oxygen atoms in total. The second-order valence-electron chi connectivity index (χ2n) is 6.15. The van der Waals surface area contributed by atoms with Crippen molar-refractivity contribution in [3.8, 4) is 0 Å². The van der Waals surface area contributed by atoms with Crippen molar-refractivity contribution in [2.24, 2.45) is 11.8 Å². The molecule has 3 atom stereocenters. The van der Waals surface area contributed by atoms with Crippen molar-refractivity contribution in [3.63, 3.8) is 0 Å². The van der Waals surface area contributed by atoms with Crippen molar-refractivity contribution >= 4 is 17.5 Å². The van der Waals surface area contributed by atoms with Gasteiger partial charge in [0.2, 0.25) is 0 Å². The standard InChI is InChI=1S/C15H22ClN3O2/c1-3-4-19-9-13(16)14(17-19)15(20)18-7-10-5-12(21-2)6-11(10)8-18/h9-12H,3-8H2,1-2H3/t10-,11+,12?. The monoisotopic (exact) mass is 311 g/mol. The SMILES string of the molecule is CCCn1cc(Cl)c(C(=O)N2C[C@H]3CC(OC)C[C@H]3C2)n1. The smallest absolute Gasteiger partial charge is 0.275 e. The topological polar surface area (TPSA) is 47.4 Å². The van der Waals surface area contributed by atoms with E-state index in [1.54, 1.807) is 18.0 Å². The van der Waals surface area contributed by atoms with Gasteiger partial charge in [0.1, 0.15) is 0 Å². The molecule has 116 valence electrons. The van der Waals surface area contributed by atoms with Gasteiger partial charge in [-0.05, 0) is 31.1 Å². The predicted molar refractivity (Wildman–Crippen MR) is 80.4 cm³/mol. The second-order valence-corrected chi connectivity index (χ2v) is 6.56. The van der Waals surface area contributed by atoms with Crippen LogP contribution in [0.2, 0.25) is 5.02 Å².